The van der Waals surface area contributed by atoms with E-state index in [1.54, 1.807) is 35.7 Å². The Bertz CT molecular complexity index is 488. The predicted octanol–water partition coefficient (Wildman–Crippen LogP) is 4.29. The molecule has 0 N–H and O–H groups in total. The molecule has 0 spiro atoms. The number of hydrogen-bond acceptors (Lipinski definition) is 2. The van der Waals surface area contributed by atoms with Gasteiger partial charge < -0.3 is 0 Å². The summed E-state index contributed by atoms with van der Waals surface area (Å²) < 4.78 is 0.523. The number of halogens is 2. The van der Waals surface area contributed by atoms with Crippen molar-refractivity contribution in [2.24, 2.45) is 0 Å². The molecule has 4 heteroatoms. The second-order valence-corrected chi connectivity index (χ2v) is 4.90. The molecule has 0 aliphatic rings. The lowest BCUT2D eigenvalue weighted by atomic mass is 10.1. The van der Waals surface area contributed by atoms with E-state index in [1.165, 1.54) is 11.3 Å². The Kier molecular flexibility index (Phi) is 3.10. The number of carbonyl (C=O) groups excluding carboxylic acids is 1. The molecule has 0 aliphatic heterocycles. The smallest absolute Gasteiger partial charge is 0.195 e. The van der Waals surface area contributed by atoms with Crippen molar-refractivity contribution in [1.29, 1.82) is 0 Å². The summed E-state index contributed by atoms with van der Waals surface area (Å²) in [5.74, 6) is -0.0714. The van der Waals surface area contributed by atoms with Crippen molar-refractivity contribution in [1.82, 2.24) is 0 Å². The van der Waals surface area contributed by atoms with Gasteiger partial charge >= 0.3 is 0 Å². The molecule has 15 heavy (non-hydrogen) atoms. The lowest BCUT2D eigenvalue weighted by molar-refractivity contribution is 0.103. The van der Waals surface area contributed by atoms with Gasteiger partial charge in [0.1, 0.15) is 4.34 Å². The Morgan fingerprint density at radius 3 is 2.27 bits per heavy atom. The Labute approximate surface area is 101 Å². The Hall–Kier alpha value is -0.830. The van der Waals surface area contributed by atoms with Crippen LogP contribution in [0.4, 0.5) is 0 Å². The molecule has 0 amide bonds. The summed E-state index contributed by atoms with van der Waals surface area (Å²) in [6.07, 6.45) is 0. The third-order valence-electron chi connectivity index (χ3n) is 1.97. The first-order valence-electron chi connectivity index (χ1n) is 4.22. The first-order chi connectivity index (χ1) is 7.18. The maximum absolute atomic E-state index is 11.9. The molecule has 2 rings (SSSR count). The molecule has 0 bridgehead atoms. The summed E-state index contributed by atoms with van der Waals surface area (Å²) in [6, 6.07) is 8.49. The summed E-state index contributed by atoms with van der Waals surface area (Å²) in [4.78, 5) is 11.9. The van der Waals surface area contributed by atoms with Gasteiger partial charge in [0.05, 0.1) is 5.56 Å². The van der Waals surface area contributed by atoms with Crippen LogP contribution in [0.2, 0.25) is 9.36 Å². The molecule has 0 unspecified atom stereocenters. The van der Waals surface area contributed by atoms with Crippen molar-refractivity contribution >= 4 is 40.3 Å². The van der Waals surface area contributed by atoms with Gasteiger partial charge in [-0.2, -0.15) is 0 Å². The highest BCUT2D eigenvalue weighted by molar-refractivity contribution is 7.14. The van der Waals surface area contributed by atoms with E-state index < -0.39 is 0 Å². The number of thiophene rings is 1. The molecule has 0 saturated heterocycles. The van der Waals surface area contributed by atoms with E-state index in [2.05, 4.69) is 0 Å². The monoisotopic (exact) mass is 256 g/mol. The quantitative estimate of drug-likeness (QED) is 0.733. The molecule has 0 radical (unpaired) electrons. The Balaban J connectivity index is 2.37. The maximum Gasteiger partial charge on any atom is 0.195 e. The van der Waals surface area contributed by atoms with Crippen molar-refractivity contribution in [2.75, 3.05) is 0 Å². The van der Waals surface area contributed by atoms with Gasteiger partial charge in [-0.3, -0.25) is 4.79 Å². The van der Waals surface area contributed by atoms with Crippen LogP contribution in [0.15, 0.2) is 35.7 Å². The van der Waals surface area contributed by atoms with Crippen LogP contribution in [0.5, 0.6) is 0 Å². The SMILES string of the molecule is O=C(c1ccc(Cl)cc1)c1ccsc1Cl. The van der Waals surface area contributed by atoms with Crippen molar-refractivity contribution < 1.29 is 4.79 Å². The van der Waals surface area contributed by atoms with E-state index in [0.29, 0.717) is 20.5 Å². The van der Waals surface area contributed by atoms with E-state index in [1.807, 2.05) is 0 Å². The van der Waals surface area contributed by atoms with Crippen LogP contribution in [-0.4, -0.2) is 5.78 Å². The molecule has 0 atom stereocenters. The zero-order valence-corrected chi connectivity index (χ0v) is 9.86. The third kappa shape index (κ3) is 2.23. The minimum Gasteiger partial charge on any atom is -0.289 e. The normalized spacial score (nSPS) is 10.3. The summed E-state index contributed by atoms with van der Waals surface area (Å²) in [6.45, 7) is 0. The molecule has 0 aliphatic carbocycles. The fraction of sp³-hybridized carbons (Fsp3) is 0. The summed E-state index contributed by atoms with van der Waals surface area (Å²) in [7, 11) is 0. The van der Waals surface area contributed by atoms with Gasteiger partial charge in [-0.15, -0.1) is 11.3 Å². The van der Waals surface area contributed by atoms with Gasteiger partial charge in [0, 0.05) is 10.6 Å². The molecule has 2 aromatic rings. The van der Waals surface area contributed by atoms with Crippen LogP contribution in [0, 0.1) is 0 Å². The highest BCUT2D eigenvalue weighted by atomic mass is 35.5. The predicted molar refractivity (Wildman–Crippen MR) is 64.2 cm³/mol. The van der Waals surface area contributed by atoms with E-state index in [-0.39, 0.29) is 5.78 Å². The molecule has 0 fully saturated rings. The first kappa shape index (κ1) is 10.7. The minimum absolute atomic E-state index is 0.0714. The van der Waals surface area contributed by atoms with E-state index in [4.69, 9.17) is 23.2 Å². The van der Waals surface area contributed by atoms with Crippen LogP contribution in [0.3, 0.4) is 0 Å². The second kappa shape index (κ2) is 4.35. The molecule has 1 aromatic heterocycles. The lowest BCUT2D eigenvalue weighted by Gasteiger charge is -1.99. The van der Waals surface area contributed by atoms with Crippen molar-refractivity contribution in [3.63, 3.8) is 0 Å². The fourth-order valence-corrected chi connectivity index (χ4v) is 2.25. The van der Waals surface area contributed by atoms with E-state index in [9.17, 15) is 4.79 Å². The molecule has 1 aromatic carbocycles. The highest BCUT2D eigenvalue weighted by Gasteiger charge is 2.13. The van der Waals surface area contributed by atoms with Gasteiger partial charge in [-0.05, 0) is 35.7 Å². The fourth-order valence-electron chi connectivity index (χ4n) is 1.21. The van der Waals surface area contributed by atoms with Gasteiger partial charge in [-0.1, -0.05) is 23.2 Å². The lowest BCUT2D eigenvalue weighted by Crippen LogP contribution is -1.99. The number of benzene rings is 1. The maximum atomic E-state index is 11.9. The topological polar surface area (TPSA) is 17.1 Å². The van der Waals surface area contributed by atoms with Crippen LogP contribution in [0.25, 0.3) is 0 Å². The Morgan fingerprint density at radius 1 is 1.07 bits per heavy atom. The summed E-state index contributed by atoms with van der Waals surface area (Å²) in [5, 5.41) is 2.41. The standard InChI is InChI=1S/C11H6Cl2OS/c12-8-3-1-7(2-4-8)10(14)9-5-6-15-11(9)13/h1-6H. The van der Waals surface area contributed by atoms with E-state index >= 15 is 0 Å². The van der Waals surface area contributed by atoms with Crippen molar-refractivity contribution in [3.05, 3.63) is 56.2 Å². The molecule has 1 nitrogen and oxygen atoms in total. The highest BCUT2D eigenvalue weighted by Crippen LogP contribution is 2.25. The largest absolute Gasteiger partial charge is 0.289 e. The summed E-state index contributed by atoms with van der Waals surface area (Å²) >= 11 is 13.0. The number of ketones is 1. The number of rotatable bonds is 2. The summed E-state index contributed by atoms with van der Waals surface area (Å²) in [5.41, 5.74) is 1.14. The average Bonchev–Trinajstić information content (AvgIpc) is 2.65. The average molecular weight is 257 g/mol. The zero-order valence-electron chi connectivity index (χ0n) is 7.54. The van der Waals surface area contributed by atoms with Gasteiger partial charge in [-0.25, -0.2) is 0 Å². The number of hydrogen-bond donors (Lipinski definition) is 0. The van der Waals surface area contributed by atoms with Gasteiger partial charge in [0.2, 0.25) is 0 Å². The molecular weight excluding hydrogens is 251 g/mol. The van der Waals surface area contributed by atoms with Crippen molar-refractivity contribution in [2.45, 2.75) is 0 Å². The molecule has 0 saturated carbocycles. The Morgan fingerprint density at radius 2 is 1.73 bits per heavy atom. The van der Waals surface area contributed by atoms with Crippen LogP contribution < -0.4 is 0 Å². The molecule has 1 heterocycles. The minimum atomic E-state index is -0.0714. The first-order valence-corrected chi connectivity index (χ1v) is 5.85. The van der Waals surface area contributed by atoms with Crippen molar-refractivity contribution in [3.8, 4) is 0 Å². The van der Waals surface area contributed by atoms with Crippen LogP contribution in [-0.2, 0) is 0 Å². The molecular formula is C11H6Cl2OS. The number of carbonyl (C=O) groups is 1. The van der Waals surface area contributed by atoms with Gasteiger partial charge in [0.25, 0.3) is 0 Å². The third-order valence-corrected chi connectivity index (χ3v) is 3.39. The van der Waals surface area contributed by atoms with Gasteiger partial charge in [0.15, 0.2) is 5.78 Å². The zero-order chi connectivity index (χ0) is 10.8. The molecule has 76 valence electrons. The second-order valence-electron chi connectivity index (χ2n) is 2.94. The van der Waals surface area contributed by atoms with Crippen LogP contribution >= 0.6 is 34.5 Å². The van der Waals surface area contributed by atoms with E-state index in [0.717, 1.165) is 0 Å². The van der Waals surface area contributed by atoms with Crippen LogP contribution in [0.1, 0.15) is 15.9 Å².